The maximum Gasteiger partial charge on any atom is 0.0638 e. The van der Waals surface area contributed by atoms with Gasteiger partial charge in [-0.15, -0.1) is 0 Å². The van der Waals surface area contributed by atoms with E-state index >= 15 is 0 Å². The molecule has 1 heterocycles. The van der Waals surface area contributed by atoms with Crippen molar-refractivity contribution >= 4 is 0 Å². The van der Waals surface area contributed by atoms with Gasteiger partial charge in [-0.3, -0.25) is 0 Å². The van der Waals surface area contributed by atoms with Crippen LogP contribution in [0.1, 0.15) is 47.0 Å². The summed E-state index contributed by atoms with van der Waals surface area (Å²) in [5.74, 6) is 0.455. The first-order valence-electron chi connectivity index (χ1n) is 5.68. The Kier molecular flexibility index (Phi) is 3.42. The van der Waals surface area contributed by atoms with E-state index in [0.29, 0.717) is 12.3 Å². The average molecular weight is 209 g/mol. The Morgan fingerprint density at radius 1 is 1.33 bits per heavy atom. The van der Waals surface area contributed by atoms with Crippen molar-refractivity contribution in [3.05, 3.63) is 0 Å². The first-order chi connectivity index (χ1) is 6.76. The standard InChI is InChI=1S/C12H23N3/c1-11(2)7-9(10(14)5-6-13)8-12(3,4)15-11/h9-10,15H,5,7-8,14H2,1-4H3. The van der Waals surface area contributed by atoms with Crippen molar-refractivity contribution in [3.63, 3.8) is 0 Å². The van der Waals surface area contributed by atoms with Gasteiger partial charge in [-0.1, -0.05) is 0 Å². The van der Waals surface area contributed by atoms with Crippen LogP contribution in [-0.2, 0) is 0 Å². The minimum Gasteiger partial charge on any atom is -0.327 e. The van der Waals surface area contributed by atoms with Crippen LogP contribution in [0.5, 0.6) is 0 Å². The van der Waals surface area contributed by atoms with Crippen LogP contribution < -0.4 is 11.1 Å². The molecule has 1 fully saturated rings. The van der Waals surface area contributed by atoms with Crippen LogP contribution in [-0.4, -0.2) is 17.1 Å². The SMILES string of the molecule is CC1(C)CC(C(N)CC#N)CC(C)(C)N1. The lowest BCUT2D eigenvalue weighted by Gasteiger charge is -2.47. The van der Waals surface area contributed by atoms with E-state index in [2.05, 4.69) is 39.1 Å². The molecular weight excluding hydrogens is 186 g/mol. The van der Waals surface area contributed by atoms with Crippen LogP contribution >= 0.6 is 0 Å². The van der Waals surface area contributed by atoms with Crippen molar-refractivity contribution < 1.29 is 0 Å². The minimum atomic E-state index is 0.0237. The van der Waals surface area contributed by atoms with E-state index in [0.717, 1.165) is 12.8 Å². The molecule has 0 aromatic carbocycles. The Hall–Kier alpha value is -0.590. The summed E-state index contributed by atoms with van der Waals surface area (Å²) >= 11 is 0. The molecule has 0 radical (unpaired) electrons. The fourth-order valence-electron chi connectivity index (χ4n) is 2.98. The molecule has 0 amide bonds. The fourth-order valence-corrected chi connectivity index (χ4v) is 2.98. The number of hydrogen-bond donors (Lipinski definition) is 2. The maximum absolute atomic E-state index is 8.68. The second-order valence-corrected chi connectivity index (χ2v) is 6.09. The zero-order valence-corrected chi connectivity index (χ0v) is 10.3. The van der Waals surface area contributed by atoms with Crippen LogP contribution in [0.15, 0.2) is 0 Å². The molecule has 1 saturated heterocycles. The first-order valence-corrected chi connectivity index (χ1v) is 5.68. The largest absolute Gasteiger partial charge is 0.327 e. The van der Waals surface area contributed by atoms with Gasteiger partial charge in [0.2, 0.25) is 0 Å². The highest BCUT2D eigenvalue weighted by Gasteiger charge is 2.39. The fraction of sp³-hybridized carbons (Fsp3) is 0.917. The highest BCUT2D eigenvalue weighted by Crippen LogP contribution is 2.34. The van der Waals surface area contributed by atoms with E-state index in [4.69, 9.17) is 11.0 Å². The van der Waals surface area contributed by atoms with Crippen LogP contribution in [0.4, 0.5) is 0 Å². The molecular formula is C12H23N3. The lowest BCUT2D eigenvalue weighted by Crippen LogP contribution is -2.60. The smallest absolute Gasteiger partial charge is 0.0638 e. The molecule has 0 saturated carbocycles. The third-order valence-electron chi connectivity index (χ3n) is 3.15. The predicted molar refractivity (Wildman–Crippen MR) is 62.2 cm³/mol. The number of hydrogen-bond acceptors (Lipinski definition) is 3. The number of nitrogens with two attached hydrogens (primary N) is 1. The van der Waals surface area contributed by atoms with Crippen LogP contribution in [0.25, 0.3) is 0 Å². The number of nitrogens with zero attached hydrogens (tertiary/aromatic N) is 1. The molecule has 0 spiro atoms. The van der Waals surface area contributed by atoms with Crippen molar-refractivity contribution in [2.24, 2.45) is 11.7 Å². The minimum absolute atomic E-state index is 0.0237. The molecule has 3 N–H and O–H groups in total. The quantitative estimate of drug-likeness (QED) is 0.728. The summed E-state index contributed by atoms with van der Waals surface area (Å²) in [5.41, 5.74) is 6.30. The topological polar surface area (TPSA) is 61.8 Å². The Balaban J connectivity index is 2.71. The molecule has 15 heavy (non-hydrogen) atoms. The molecule has 86 valence electrons. The number of rotatable bonds is 2. The molecule has 1 aliphatic heterocycles. The third-order valence-corrected chi connectivity index (χ3v) is 3.15. The molecule has 0 aromatic heterocycles. The summed E-state index contributed by atoms with van der Waals surface area (Å²) in [6.07, 6.45) is 2.58. The normalized spacial score (nSPS) is 26.9. The van der Waals surface area contributed by atoms with Crippen molar-refractivity contribution in [1.29, 1.82) is 5.26 Å². The van der Waals surface area contributed by atoms with E-state index in [1.165, 1.54) is 0 Å². The van der Waals surface area contributed by atoms with Gasteiger partial charge >= 0.3 is 0 Å². The van der Waals surface area contributed by atoms with Gasteiger partial charge < -0.3 is 11.1 Å². The van der Waals surface area contributed by atoms with Crippen LogP contribution in [0.3, 0.4) is 0 Å². The maximum atomic E-state index is 8.68. The molecule has 3 nitrogen and oxygen atoms in total. The summed E-state index contributed by atoms with van der Waals surface area (Å²) < 4.78 is 0. The van der Waals surface area contributed by atoms with E-state index < -0.39 is 0 Å². The van der Waals surface area contributed by atoms with E-state index in [-0.39, 0.29) is 17.1 Å². The highest BCUT2D eigenvalue weighted by atomic mass is 15.1. The Labute approximate surface area is 93.0 Å². The molecule has 1 aliphatic rings. The van der Waals surface area contributed by atoms with E-state index in [9.17, 15) is 0 Å². The molecule has 1 unspecified atom stereocenters. The zero-order valence-electron chi connectivity index (χ0n) is 10.3. The predicted octanol–water partition coefficient (Wildman–Crippen LogP) is 1.78. The van der Waals surface area contributed by atoms with Crippen molar-refractivity contribution in [2.45, 2.75) is 64.1 Å². The summed E-state index contributed by atoms with van der Waals surface area (Å²) in [4.78, 5) is 0. The van der Waals surface area contributed by atoms with Gasteiger partial charge in [-0.2, -0.15) is 5.26 Å². The Bertz CT molecular complexity index is 247. The molecule has 0 aliphatic carbocycles. The molecule has 0 bridgehead atoms. The number of piperidine rings is 1. The van der Waals surface area contributed by atoms with Gasteiger partial charge in [0.15, 0.2) is 0 Å². The van der Waals surface area contributed by atoms with Crippen LogP contribution in [0.2, 0.25) is 0 Å². The lowest BCUT2D eigenvalue weighted by atomic mass is 9.73. The molecule has 1 rings (SSSR count). The Morgan fingerprint density at radius 2 is 1.80 bits per heavy atom. The van der Waals surface area contributed by atoms with E-state index in [1.54, 1.807) is 0 Å². The summed E-state index contributed by atoms with van der Waals surface area (Å²) in [6.45, 7) is 8.83. The Morgan fingerprint density at radius 3 is 2.20 bits per heavy atom. The molecule has 3 heteroatoms. The first kappa shape index (κ1) is 12.5. The third kappa shape index (κ3) is 3.48. The second kappa shape index (κ2) is 4.11. The average Bonchev–Trinajstić information content (AvgIpc) is 1.98. The van der Waals surface area contributed by atoms with Crippen molar-refractivity contribution in [1.82, 2.24) is 5.32 Å². The van der Waals surface area contributed by atoms with Gasteiger partial charge in [0.05, 0.1) is 12.5 Å². The molecule has 0 aromatic rings. The summed E-state index contributed by atoms with van der Waals surface area (Å²) in [6, 6.07) is 2.20. The van der Waals surface area contributed by atoms with Gasteiger partial charge in [-0.25, -0.2) is 0 Å². The van der Waals surface area contributed by atoms with E-state index in [1.807, 2.05) is 0 Å². The van der Waals surface area contributed by atoms with Gasteiger partial charge in [0.25, 0.3) is 0 Å². The van der Waals surface area contributed by atoms with Gasteiger partial charge in [0, 0.05) is 17.1 Å². The monoisotopic (exact) mass is 209 g/mol. The molecule has 1 atom stereocenters. The second-order valence-electron chi connectivity index (χ2n) is 6.09. The highest BCUT2D eigenvalue weighted by molar-refractivity contribution is 5.00. The van der Waals surface area contributed by atoms with Crippen LogP contribution in [0, 0.1) is 17.2 Å². The van der Waals surface area contributed by atoms with Crippen molar-refractivity contribution in [3.8, 4) is 6.07 Å². The number of nitriles is 1. The van der Waals surface area contributed by atoms with Crippen molar-refractivity contribution in [2.75, 3.05) is 0 Å². The van der Waals surface area contributed by atoms with Gasteiger partial charge in [0.1, 0.15) is 0 Å². The zero-order chi connectivity index (χ0) is 11.7. The summed E-state index contributed by atoms with van der Waals surface area (Å²) in [5, 5.41) is 12.3. The summed E-state index contributed by atoms with van der Waals surface area (Å²) in [7, 11) is 0. The van der Waals surface area contributed by atoms with Gasteiger partial charge in [-0.05, 0) is 46.5 Å². The lowest BCUT2D eigenvalue weighted by molar-refractivity contribution is 0.114. The number of nitrogens with one attached hydrogen (secondary N) is 1.